The molecular weight excluding hydrogens is 252 g/mol. The molecule has 2 rings (SSSR count). The first-order chi connectivity index (χ1) is 8.51. The fourth-order valence-electron chi connectivity index (χ4n) is 2.19. The second kappa shape index (κ2) is 5.38. The van der Waals surface area contributed by atoms with Crippen molar-refractivity contribution in [2.75, 3.05) is 20.1 Å². The lowest BCUT2D eigenvalue weighted by Crippen LogP contribution is -2.42. The number of nitrogens with one attached hydrogen (secondary N) is 1. The molecule has 1 aromatic rings. The molecular formula is C11H20N4O2S. The molecule has 2 heterocycles. The van der Waals surface area contributed by atoms with E-state index in [0.717, 1.165) is 18.9 Å². The minimum atomic E-state index is -3.21. The Kier molecular flexibility index (Phi) is 4.04. The van der Waals surface area contributed by atoms with Crippen molar-refractivity contribution in [1.29, 1.82) is 0 Å². The quantitative estimate of drug-likeness (QED) is 0.833. The van der Waals surface area contributed by atoms with E-state index in [1.54, 1.807) is 13.2 Å². The maximum atomic E-state index is 12.4. The van der Waals surface area contributed by atoms with E-state index in [9.17, 15) is 8.42 Å². The number of hydrogen-bond donors (Lipinski definition) is 1. The Bertz CT molecular complexity index is 491. The van der Waals surface area contributed by atoms with Gasteiger partial charge in [0.15, 0.2) is 0 Å². The van der Waals surface area contributed by atoms with Crippen LogP contribution < -0.4 is 5.32 Å². The van der Waals surface area contributed by atoms with E-state index in [2.05, 4.69) is 10.3 Å². The maximum Gasteiger partial charge on any atom is 0.217 e. The Morgan fingerprint density at radius 2 is 2.17 bits per heavy atom. The summed E-state index contributed by atoms with van der Waals surface area (Å²) in [6.45, 7) is 1.88. The largest absolute Gasteiger partial charge is 0.337 e. The molecule has 0 aliphatic carbocycles. The van der Waals surface area contributed by atoms with Crippen LogP contribution in [0.15, 0.2) is 12.4 Å². The molecule has 1 aliphatic heterocycles. The molecule has 1 aliphatic rings. The molecule has 0 spiro atoms. The van der Waals surface area contributed by atoms with Crippen molar-refractivity contribution in [3.05, 3.63) is 18.2 Å². The van der Waals surface area contributed by atoms with Crippen LogP contribution in [0, 0.1) is 0 Å². The number of aryl methyl sites for hydroxylation is 1. The molecule has 102 valence electrons. The lowest BCUT2D eigenvalue weighted by molar-refractivity contribution is 0.419. The number of nitrogens with zero attached hydrogens (tertiary/aromatic N) is 3. The molecule has 1 N–H and O–H groups in total. The van der Waals surface area contributed by atoms with Gasteiger partial charge in [0.2, 0.25) is 10.0 Å². The van der Waals surface area contributed by atoms with Crippen molar-refractivity contribution in [2.24, 2.45) is 7.05 Å². The van der Waals surface area contributed by atoms with Crippen LogP contribution >= 0.6 is 0 Å². The van der Waals surface area contributed by atoms with Crippen LogP contribution in [0.1, 0.15) is 18.7 Å². The van der Waals surface area contributed by atoms with E-state index in [1.165, 1.54) is 4.31 Å². The molecule has 0 radical (unpaired) electrons. The fraction of sp³-hybridized carbons (Fsp3) is 0.727. The molecule has 6 nitrogen and oxygen atoms in total. The Labute approximate surface area is 108 Å². The first kappa shape index (κ1) is 13.5. The molecule has 0 atom stereocenters. The van der Waals surface area contributed by atoms with Gasteiger partial charge in [-0.05, 0) is 25.9 Å². The maximum absolute atomic E-state index is 12.4. The van der Waals surface area contributed by atoms with Gasteiger partial charge in [-0.3, -0.25) is 0 Å². The van der Waals surface area contributed by atoms with E-state index < -0.39 is 10.0 Å². The predicted molar refractivity (Wildman–Crippen MR) is 69.5 cm³/mol. The summed E-state index contributed by atoms with van der Waals surface area (Å²) in [6.07, 6.45) is 4.88. The molecule has 7 heteroatoms. The van der Waals surface area contributed by atoms with Gasteiger partial charge < -0.3 is 9.88 Å². The Morgan fingerprint density at radius 1 is 1.50 bits per heavy atom. The summed E-state index contributed by atoms with van der Waals surface area (Å²) in [6, 6.07) is 0. The number of imidazole rings is 1. The van der Waals surface area contributed by atoms with Gasteiger partial charge in [-0.15, -0.1) is 0 Å². The first-order valence-corrected chi connectivity index (χ1v) is 7.64. The lowest BCUT2D eigenvalue weighted by atomic mass is 10.2. The van der Waals surface area contributed by atoms with Crippen molar-refractivity contribution < 1.29 is 8.42 Å². The number of hydrogen-bond acceptors (Lipinski definition) is 4. The van der Waals surface area contributed by atoms with Gasteiger partial charge in [-0.1, -0.05) is 0 Å². The summed E-state index contributed by atoms with van der Waals surface area (Å²) in [5.41, 5.74) is 0. The van der Waals surface area contributed by atoms with Gasteiger partial charge in [0.1, 0.15) is 5.82 Å². The number of aromatic nitrogens is 2. The Morgan fingerprint density at radius 3 is 2.72 bits per heavy atom. The van der Waals surface area contributed by atoms with Crippen molar-refractivity contribution in [1.82, 2.24) is 19.2 Å². The second-order valence-electron chi connectivity index (χ2n) is 4.70. The average molecular weight is 272 g/mol. The second-order valence-corrected chi connectivity index (χ2v) is 7.02. The van der Waals surface area contributed by atoms with Crippen molar-refractivity contribution >= 4 is 10.0 Å². The fourth-order valence-corrected chi connectivity index (χ4v) is 3.82. The molecule has 1 aromatic heterocycles. The number of rotatable bonds is 4. The van der Waals surface area contributed by atoms with Crippen molar-refractivity contribution in [2.45, 2.75) is 24.6 Å². The van der Waals surface area contributed by atoms with Crippen LogP contribution in [0.5, 0.6) is 0 Å². The van der Waals surface area contributed by atoms with Gasteiger partial charge in [0.05, 0.1) is 11.8 Å². The van der Waals surface area contributed by atoms with Gasteiger partial charge in [-0.2, -0.15) is 4.31 Å². The van der Waals surface area contributed by atoms with Gasteiger partial charge in [-0.25, -0.2) is 13.4 Å². The van der Waals surface area contributed by atoms with E-state index in [-0.39, 0.29) is 5.25 Å². The van der Waals surface area contributed by atoms with Crippen molar-refractivity contribution in [3.8, 4) is 0 Å². The van der Waals surface area contributed by atoms with E-state index in [0.29, 0.717) is 19.4 Å². The van der Waals surface area contributed by atoms with Crippen LogP contribution in [0.4, 0.5) is 0 Å². The summed E-state index contributed by atoms with van der Waals surface area (Å²) < 4.78 is 28.0. The SMILES string of the molecule is CN(Cc1nccn1C)S(=O)(=O)C1CCNCC1. The minimum absolute atomic E-state index is 0.260. The summed E-state index contributed by atoms with van der Waals surface area (Å²) in [5.74, 6) is 0.759. The highest BCUT2D eigenvalue weighted by Crippen LogP contribution is 2.18. The Balaban J connectivity index is 2.07. The highest BCUT2D eigenvalue weighted by Gasteiger charge is 2.31. The molecule has 0 unspecified atom stereocenters. The van der Waals surface area contributed by atoms with Crippen LogP contribution in [0.25, 0.3) is 0 Å². The van der Waals surface area contributed by atoms with Gasteiger partial charge in [0.25, 0.3) is 0 Å². The number of sulfonamides is 1. The molecule has 1 fully saturated rings. The molecule has 0 amide bonds. The van der Waals surface area contributed by atoms with E-state index >= 15 is 0 Å². The van der Waals surface area contributed by atoms with Crippen molar-refractivity contribution in [3.63, 3.8) is 0 Å². The average Bonchev–Trinajstić information content (AvgIpc) is 2.76. The zero-order valence-corrected chi connectivity index (χ0v) is 11.7. The van der Waals surface area contributed by atoms with Crippen LogP contribution in [0.3, 0.4) is 0 Å². The molecule has 0 aromatic carbocycles. The van der Waals surface area contributed by atoms with Crippen LogP contribution in [0.2, 0.25) is 0 Å². The lowest BCUT2D eigenvalue weighted by Gasteiger charge is -2.27. The number of piperidine rings is 1. The summed E-state index contributed by atoms with van der Waals surface area (Å²) in [5, 5.41) is 2.92. The third-order valence-electron chi connectivity index (χ3n) is 3.43. The highest BCUT2D eigenvalue weighted by molar-refractivity contribution is 7.89. The normalized spacial score (nSPS) is 18.4. The highest BCUT2D eigenvalue weighted by atomic mass is 32.2. The molecule has 0 saturated carbocycles. The van der Waals surface area contributed by atoms with Crippen LogP contribution in [-0.4, -0.2) is 47.7 Å². The standard InChI is InChI=1S/C11H20N4O2S/c1-14-8-7-13-11(14)9-15(2)18(16,17)10-3-5-12-6-4-10/h7-8,10,12H,3-6,9H2,1-2H3. The van der Waals surface area contributed by atoms with Gasteiger partial charge >= 0.3 is 0 Å². The summed E-state index contributed by atoms with van der Waals surface area (Å²) >= 11 is 0. The Hall–Kier alpha value is -0.920. The summed E-state index contributed by atoms with van der Waals surface area (Å²) in [7, 11) is 0.284. The molecule has 0 bridgehead atoms. The smallest absolute Gasteiger partial charge is 0.217 e. The zero-order valence-electron chi connectivity index (χ0n) is 10.8. The third kappa shape index (κ3) is 2.73. The monoisotopic (exact) mass is 272 g/mol. The molecule has 18 heavy (non-hydrogen) atoms. The predicted octanol–water partition coefficient (Wildman–Crippen LogP) is -0.0663. The first-order valence-electron chi connectivity index (χ1n) is 6.14. The van der Waals surface area contributed by atoms with Gasteiger partial charge in [0, 0.05) is 26.5 Å². The zero-order chi connectivity index (χ0) is 13.2. The van der Waals surface area contributed by atoms with E-state index in [1.807, 2.05) is 17.8 Å². The summed E-state index contributed by atoms with van der Waals surface area (Å²) in [4.78, 5) is 4.16. The van der Waals surface area contributed by atoms with E-state index in [4.69, 9.17) is 0 Å². The third-order valence-corrected chi connectivity index (χ3v) is 5.74. The van der Waals surface area contributed by atoms with Crippen LogP contribution in [-0.2, 0) is 23.6 Å². The minimum Gasteiger partial charge on any atom is -0.337 e. The molecule has 1 saturated heterocycles. The topological polar surface area (TPSA) is 67.2 Å².